The maximum absolute atomic E-state index is 12.1. The molecule has 0 aliphatic carbocycles. The molecule has 6 heteroatoms. The molecule has 0 aromatic heterocycles. The maximum Gasteiger partial charge on any atom is 0.244 e. The lowest BCUT2D eigenvalue weighted by Gasteiger charge is -2.29. The standard InChI is InChI=1S/C13H17BrN2O3/c1-8-12(15-5-6-19-8)13(17)16-9-3-4-11(18-2)10(14)7-9/h3-4,7-8,12,15H,5-6H2,1-2H3,(H,16,17)/t8-,12+/m1/s1. The van der Waals surface area contributed by atoms with Crippen molar-refractivity contribution in [1.29, 1.82) is 0 Å². The topological polar surface area (TPSA) is 59.6 Å². The molecule has 2 rings (SSSR count). The van der Waals surface area contributed by atoms with Crippen LogP contribution in [0.4, 0.5) is 5.69 Å². The fourth-order valence-corrected chi connectivity index (χ4v) is 2.53. The van der Waals surface area contributed by atoms with Gasteiger partial charge in [0.15, 0.2) is 0 Å². The van der Waals surface area contributed by atoms with Crippen LogP contribution in [0, 0.1) is 0 Å². The quantitative estimate of drug-likeness (QED) is 0.887. The molecule has 1 heterocycles. The summed E-state index contributed by atoms with van der Waals surface area (Å²) in [6.07, 6.45) is -0.129. The predicted molar refractivity (Wildman–Crippen MR) is 76.5 cm³/mol. The molecule has 104 valence electrons. The zero-order valence-corrected chi connectivity index (χ0v) is 12.5. The molecular formula is C13H17BrN2O3. The number of anilines is 1. The number of rotatable bonds is 3. The summed E-state index contributed by atoms with van der Waals surface area (Å²) in [6, 6.07) is 5.09. The van der Waals surface area contributed by atoms with Crippen LogP contribution in [0.1, 0.15) is 6.92 Å². The summed E-state index contributed by atoms with van der Waals surface area (Å²) >= 11 is 3.39. The number of benzene rings is 1. The van der Waals surface area contributed by atoms with E-state index >= 15 is 0 Å². The molecule has 0 bridgehead atoms. The number of carbonyl (C=O) groups is 1. The average Bonchev–Trinajstić information content (AvgIpc) is 2.39. The molecule has 0 saturated carbocycles. The van der Waals surface area contributed by atoms with E-state index in [0.29, 0.717) is 13.2 Å². The summed E-state index contributed by atoms with van der Waals surface area (Å²) in [7, 11) is 1.60. The summed E-state index contributed by atoms with van der Waals surface area (Å²) in [5, 5.41) is 6.02. The van der Waals surface area contributed by atoms with Crippen LogP contribution in [0.3, 0.4) is 0 Å². The minimum atomic E-state index is -0.324. The van der Waals surface area contributed by atoms with E-state index in [1.807, 2.05) is 13.0 Å². The number of hydrogen-bond acceptors (Lipinski definition) is 4. The molecule has 19 heavy (non-hydrogen) atoms. The zero-order valence-electron chi connectivity index (χ0n) is 10.9. The van der Waals surface area contributed by atoms with Crippen LogP contribution in [-0.4, -0.2) is 38.3 Å². The molecule has 1 aliphatic rings. The van der Waals surface area contributed by atoms with Gasteiger partial charge in [0, 0.05) is 12.2 Å². The second-order valence-electron chi connectivity index (χ2n) is 4.35. The summed E-state index contributed by atoms with van der Waals surface area (Å²) in [6.45, 7) is 3.22. The highest BCUT2D eigenvalue weighted by atomic mass is 79.9. The van der Waals surface area contributed by atoms with Crippen molar-refractivity contribution in [3.05, 3.63) is 22.7 Å². The Hall–Kier alpha value is -1.11. The Labute approximate surface area is 120 Å². The van der Waals surface area contributed by atoms with Crippen molar-refractivity contribution in [3.63, 3.8) is 0 Å². The molecule has 2 N–H and O–H groups in total. The Morgan fingerprint density at radius 3 is 3.00 bits per heavy atom. The van der Waals surface area contributed by atoms with Crippen LogP contribution in [-0.2, 0) is 9.53 Å². The largest absolute Gasteiger partial charge is 0.496 e. The van der Waals surface area contributed by atoms with Crippen molar-refractivity contribution in [2.24, 2.45) is 0 Å². The number of methoxy groups -OCH3 is 1. The molecule has 0 spiro atoms. The second kappa shape index (κ2) is 6.36. The van der Waals surface area contributed by atoms with Crippen molar-refractivity contribution in [2.75, 3.05) is 25.6 Å². The number of hydrogen-bond donors (Lipinski definition) is 2. The first-order chi connectivity index (χ1) is 9.11. The van der Waals surface area contributed by atoms with E-state index in [2.05, 4.69) is 26.6 Å². The van der Waals surface area contributed by atoms with Gasteiger partial charge < -0.3 is 20.1 Å². The highest BCUT2D eigenvalue weighted by Crippen LogP contribution is 2.27. The fourth-order valence-electron chi connectivity index (χ4n) is 1.99. The van der Waals surface area contributed by atoms with E-state index in [9.17, 15) is 4.79 Å². The molecular weight excluding hydrogens is 312 g/mol. The van der Waals surface area contributed by atoms with E-state index in [1.165, 1.54) is 0 Å². The van der Waals surface area contributed by atoms with Crippen LogP contribution in [0.25, 0.3) is 0 Å². The van der Waals surface area contributed by atoms with Gasteiger partial charge >= 0.3 is 0 Å². The Morgan fingerprint density at radius 2 is 2.37 bits per heavy atom. The second-order valence-corrected chi connectivity index (χ2v) is 5.20. The predicted octanol–water partition coefficient (Wildman–Crippen LogP) is 1.77. The van der Waals surface area contributed by atoms with Crippen LogP contribution in [0.2, 0.25) is 0 Å². The molecule has 1 fully saturated rings. The molecule has 2 atom stereocenters. The number of morpholine rings is 1. The molecule has 5 nitrogen and oxygen atoms in total. The van der Waals surface area contributed by atoms with Gasteiger partial charge in [0.2, 0.25) is 5.91 Å². The normalized spacial score (nSPS) is 22.9. The first kappa shape index (κ1) is 14.3. The molecule has 1 aromatic rings. The van der Waals surface area contributed by atoms with Gasteiger partial charge in [0.1, 0.15) is 11.8 Å². The highest BCUT2D eigenvalue weighted by molar-refractivity contribution is 9.10. The van der Waals surface area contributed by atoms with Gasteiger partial charge in [-0.2, -0.15) is 0 Å². The minimum Gasteiger partial charge on any atom is -0.496 e. The highest BCUT2D eigenvalue weighted by Gasteiger charge is 2.28. The van der Waals surface area contributed by atoms with Crippen molar-refractivity contribution >= 4 is 27.5 Å². The van der Waals surface area contributed by atoms with Crippen LogP contribution < -0.4 is 15.4 Å². The Balaban J connectivity index is 2.04. The molecule has 0 unspecified atom stereocenters. The first-order valence-electron chi connectivity index (χ1n) is 6.11. The van der Waals surface area contributed by atoms with Gasteiger partial charge in [0.05, 0.1) is 24.3 Å². The number of halogens is 1. The Bertz CT molecular complexity index is 467. The van der Waals surface area contributed by atoms with E-state index in [4.69, 9.17) is 9.47 Å². The lowest BCUT2D eigenvalue weighted by Crippen LogP contribution is -2.53. The number of ether oxygens (including phenoxy) is 2. The van der Waals surface area contributed by atoms with Crippen molar-refractivity contribution in [3.8, 4) is 5.75 Å². The molecule has 1 saturated heterocycles. The van der Waals surface area contributed by atoms with Crippen LogP contribution in [0.5, 0.6) is 5.75 Å². The fraction of sp³-hybridized carbons (Fsp3) is 0.462. The minimum absolute atomic E-state index is 0.0933. The van der Waals surface area contributed by atoms with Crippen molar-refractivity contribution < 1.29 is 14.3 Å². The van der Waals surface area contributed by atoms with Crippen LogP contribution in [0.15, 0.2) is 22.7 Å². The van der Waals surface area contributed by atoms with Crippen molar-refractivity contribution in [2.45, 2.75) is 19.1 Å². The number of nitrogens with one attached hydrogen (secondary N) is 2. The number of amides is 1. The summed E-state index contributed by atoms with van der Waals surface area (Å²) in [5.41, 5.74) is 0.720. The lowest BCUT2D eigenvalue weighted by atomic mass is 10.1. The van der Waals surface area contributed by atoms with Gasteiger partial charge in [0.25, 0.3) is 0 Å². The van der Waals surface area contributed by atoms with Gasteiger partial charge in [-0.3, -0.25) is 4.79 Å². The molecule has 1 amide bonds. The van der Waals surface area contributed by atoms with Gasteiger partial charge in [-0.1, -0.05) is 0 Å². The summed E-state index contributed by atoms with van der Waals surface area (Å²) < 4.78 is 11.4. The molecule has 0 radical (unpaired) electrons. The van der Waals surface area contributed by atoms with E-state index in [-0.39, 0.29) is 18.1 Å². The SMILES string of the molecule is COc1ccc(NC(=O)[C@H]2NCCO[C@@H]2C)cc1Br. The smallest absolute Gasteiger partial charge is 0.244 e. The summed E-state index contributed by atoms with van der Waals surface area (Å²) in [4.78, 5) is 12.1. The van der Waals surface area contributed by atoms with E-state index in [0.717, 1.165) is 15.9 Å². The van der Waals surface area contributed by atoms with Gasteiger partial charge in [-0.15, -0.1) is 0 Å². The lowest BCUT2D eigenvalue weighted by molar-refractivity contribution is -0.123. The van der Waals surface area contributed by atoms with Crippen molar-refractivity contribution in [1.82, 2.24) is 5.32 Å². The van der Waals surface area contributed by atoms with Gasteiger partial charge in [-0.25, -0.2) is 0 Å². The van der Waals surface area contributed by atoms with Crippen LogP contribution >= 0.6 is 15.9 Å². The number of carbonyl (C=O) groups excluding carboxylic acids is 1. The zero-order chi connectivity index (χ0) is 13.8. The van der Waals surface area contributed by atoms with E-state index in [1.54, 1.807) is 19.2 Å². The monoisotopic (exact) mass is 328 g/mol. The average molecular weight is 329 g/mol. The third-order valence-corrected chi connectivity index (χ3v) is 3.64. The molecule has 1 aromatic carbocycles. The Morgan fingerprint density at radius 1 is 1.58 bits per heavy atom. The van der Waals surface area contributed by atoms with Gasteiger partial charge in [-0.05, 0) is 41.1 Å². The first-order valence-corrected chi connectivity index (χ1v) is 6.90. The third kappa shape index (κ3) is 3.46. The summed E-state index contributed by atoms with van der Waals surface area (Å²) in [5.74, 6) is 0.634. The third-order valence-electron chi connectivity index (χ3n) is 3.02. The maximum atomic E-state index is 12.1. The molecule has 1 aliphatic heterocycles. The Kier molecular flexibility index (Phi) is 4.79. The van der Waals surface area contributed by atoms with E-state index < -0.39 is 0 Å².